The summed E-state index contributed by atoms with van der Waals surface area (Å²) < 4.78 is 11.1. The lowest BCUT2D eigenvalue weighted by Gasteiger charge is -2.23. The van der Waals surface area contributed by atoms with Crippen molar-refractivity contribution in [1.29, 1.82) is 5.26 Å². The Kier molecular flexibility index (Phi) is 6.05. The van der Waals surface area contributed by atoms with Gasteiger partial charge in [-0.1, -0.05) is 0 Å². The molecular formula is C23H30N4O2. The van der Waals surface area contributed by atoms with Gasteiger partial charge in [-0.05, 0) is 56.7 Å². The first-order chi connectivity index (χ1) is 14.2. The van der Waals surface area contributed by atoms with Crippen LogP contribution in [0, 0.1) is 11.3 Å². The maximum absolute atomic E-state index is 8.87. The average molecular weight is 395 g/mol. The topological polar surface area (TPSA) is 70.4 Å². The molecule has 1 saturated heterocycles. The van der Waals surface area contributed by atoms with Gasteiger partial charge in [-0.15, -0.1) is 0 Å². The van der Waals surface area contributed by atoms with E-state index in [9.17, 15) is 0 Å². The molecule has 1 aromatic heterocycles. The fourth-order valence-electron chi connectivity index (χ4n) is 4.69. The number of fused-ring (bicyclic) bond motifs is 2. The highest BCUT2D eigenvalue weighted by Gasteiger charge is 2.24. The largest absolute Gasteiger partial charge is 0.493 e. The zero-order chi connectivity index (χ0) is 20.2. The van der Waals surface area contributed by atoms with Crippen LogP contribution in [0.15, 0.2) is 12.1 Å². The highest BCUT2D eigenvalue weighted by atomic mass is 16.5. The number of methoxy groups -OCH3 is 2. The summed E-state index contributed by atoms with van der Waals surface area (Å²) in [6.45, 7) is 3.01. The van der Waals surface area contributed by atoms with Crippen molar-refractivity contribution in [3.05, 3.63) is 23.4 Å². The van der Waals surface area contributed by atoms with Gasteiger partial charge in [0.05, 0.1) is 25.8 Å². The third kappa shape index (κ3) is 4.11. The van der Waals surface area contributed by atoms with Crippen molar-refractivity contribution in [2.24, 2.45) is 0 Å². The molecule has 0 saturated carbocycles. The molecule has 2 aliphatic rings. The van der Waals surface area contributed by atoms with Crippen LogP contribution in [0.2, 0.25) is 0 Å². The Bertz CT molecular complexity index is 921. The van der Waals surface area contributed by atoms with E-state index in [0.717, 1.165) is 80.6 Å². The molecule has 0 unspecified atom stereocenters. The minimum atomic E-state index is 0.436. The zero-order valence-electron chi connectivity index (χ0n) is 17.5. The molecule has 1 fully saturated rings. The number of nitrogens with zero attached hydrogens (tertiary/aromatic N) is 3. The van der Waals surface area contributed by atoms with Crippen LogP contribution < -0.4 is 14.8 Å². The van der Waals surface area contributed by atoms with E-state index in [1.807, 2.05) is 6.07 Å². The second kappa shape index (κ2) is 8.87. The number of ether oxygens (including phenoxy) is 2. The Balaban J connectivity index is 1.65. The molecule has 1 aliphatic carbocycles. The molecule has 6 heteroatoms. The van der Waals surface area contributed by atoms with Crippen LogP contribution in [-0.4, -0.2) is 49.8 Å². The molecule has 0 amide bonds. The van der Waals surface area contributed by atoms with Gasteiger partial charge < -0.3 is 19.7 Å². The Morgan fingerprint density at radius 1 is 1.14 bits per heavy atom. The molecule has 0 bridgehead atoms. The smallest absolute Gasteiger partial charge is 0.162 e. The lowest BCUT2D eigenvalue weighted by Crippen LogP contribution is -2.27. The maximum Gasteiger partial charge on any atom is 0.162 e. The molecule has 1 aliphatic heterocycles. The molecule has 1 aromatic carbocycles. The number of anilines is 1. The Hall–Kier alpha value is -2.52. The second-order valence-corrected chi connectivity index (χ2v) is 8.01. The van der Waals surface area contributed by atoms with Crippen LogP contribution in [0.3, 0.4) is 0 Å². The number of aromatic nitrogens is 1. The van der Waals surface area contributed by atoms with E-state index in [1.165, 1.54) is 16.9 Å². The number of likely N-dealkylation sites (tertiary alicyclic amines) is 1. The summed E-state index contributed by atoms with van der Waals surface area (Å²) in [4.78, 5) is 7.37. The van der Waals surface area contributed by atoms with Gasteiger partial charge in [0.1, 0.15) is 0 Å². The summed E-state index contributed by atoms with van der Waals surface area (Å²) >= 11 is 0. The molecule has 6 nitrogen and oxygen atoms in total. The standard InChI is InChI=1S/C23H30N4O2/c1-28-21-14-18-20(15-22(21)29-2)26-19-8-3-7-17(19)23(18)25-16-6-4-11-27(13-9-16)12-5-10-24/h14-16H,3-9,11-13H2,1-2H3,(H,25,26)/t16-/m1/s1. The van der Waals surface area contributed by atoms with Crippen LogP contribution in [-0.2, 0) is 12.8 Å². The van der Waals surface area contributed by atoms with Crippen molar-refractivity contribution in [2.45, 2.75) is 51.0 Å². The predicted molar refractivity (Wildman–Crippen MR) is 115 cm³/mol. The molecule has 1 N–H and O–H groups in total. The number of nitriles is 1. The van der Waals surface area contributed by atoms with Crippen molar-refractivity contribution in [2.75, 3.05) is 39.2 Å². The van der Waals surface area contributed by atoms with E-state index in [0.29, 0.717) is 12.5 Å². The van der Waals surface area contributed by atoms with E-state index in [1.54, 1.807) is 14.2 Å². The van der Waals surface area contributed by atoms with Gasteiger partial charge in [0, 0.05) is 48.4 Å². The number of rotatable bonds is 6. The second-order valence-electron chi connectivity index (χ2n) is 8.01. The van der Waals surface area contributed by atoms with Crippen molar-refractivity contribution in [1.82, 2.24) is 9.88 Å². The van der Waals surface area contributed by atoms with Gasteiger partial charge in [-0.25, -0.2) is 0 Å². The van der Waals surface area contributed by atoms with E-state index in [-0.39, 0.29) is 0 Å². The van der Waals surface area contributed by atoms with Crippen LogP contribution in [0.5, 0.6) is 11.5 Å². The van der Waals surface area contributed by atoms with Gasteiger partial charge >= 0.3 is 0 Å². The van der Waals surface area contributed by atoms with Crippen LogP contribution in [0.1, 0.15) is 43.4 Å². The lowest BCUT2D eigenvalue weighted by atomic mass is 10.0. The molecule has 29 heavy (non-hydrogen) atoms. The fraction of sp³-hybridized carbons (Fsp3) is 0.565. The van der Waals surface area contributed by atoms with Gasteiger partial charge in [0.15, 0.2) is 11.5 Å². The zero-order valence-corrected chi connectivity index (χ0v) is 17.5. The molecule has 4 rings (SSSR count). The number of aryl methyl sites for hydroxylation is 1. The summed E-state index contributed by atoms with van der Waals surface area (Å²) in [5.74, 6) is 1.46. The molecule has 0 radical (unpaired) electrons. The first-order valence-corrected chi connectivity index (χ1v) is 10.7. The number of hydrogen-bond acceptors (Lipinski definition) is 6. The summed E-state index contributed by atoms with van der Waals surface area (Å²) in [6.07, 6.45) is 7.30. The van der Waals surface area contributed by atoms with Crippen LogP contribution in [0.4, 0.5) is 5.69 Å². The number of hydrogen-bond donors (Lipinski definition) is 1. The van der Waals surface area contributed by atoms with Crippen molar-refractivity contribution in [3.63, 3.8) is 0 Å². The number of pyridine rings is 1. The molecular weight excluding hydrogens is 364 g/mol. The molecule has 1 atom stereocenters. The minimum Gasteiger partial charge on any atom is -0.493 e. The van der Waals surface area contributed by atoms with Gasteiger partial charge in [-0.3, -0.25) is 4.98 Å². The normalized spacial score (nSPS) is 19.4. The van der Waals surface area contributed by atoms with Crippen molar-refractivity contribution >= 4 is 16.6 Å². The maximum atomic E-state index is 8.87. The van der Waals surface area contributed by atoms with Crippen LogP contribution in [0.25, 0.3) is 10.9 Å². The van der Waals surface area contributed by atoms with E-state index < -0.39 is 0 Å². The third-order valence-corrected chi connectivity index (χ3v) is 6.23. The highest BCUT2D eigenvalue weighted by Crippen LogP contribution is 2.40. The van der Waals surface area contributed by atoms with Gasteiger partial charge in [0.2, 0.25) is 0 Å². The quantitative estimate of drug-likeness (QED) is 0.801. The lowest BCUT2D eigenvalue weighted by molar-refractivity contribution is 0.291. The third-order valence-electron chi connectivity index (χ3n) is 6.23. The Morgan fingerprint density at radius 2 is 1.97 bits per heavy atom. The van der Waals surface area contributed by atoms with E-state index in [2.05, 4.69) is 22.4 Å². The predicted octanol–water partition coefficient (Wildman–Crippen LogP) is 3.92. The average Bonchev–Trinajstić information content (AvgIpc) is 3.10. The molecule has 0 spiro atoms. The Labute approximate surface area is 172 Å². The molecule has 2 aromatic rings. The van der Waals surface area contributed by atoms with E-state index >= 15 is 0 Å². The van der Waals surface area contributed by atoms with Crippen molar-refractivity contribution < 1.29 is 9.47 Å². The number of nitrogens with one attached hydrogen (secondary N) is 1. The highest BCUT2D eigenvalue weighted by molar-refractivity contribution is 5.96. The van der Waals surface area contributed by atoms with Crippen LogP contribution >= 0.6 is 0 Å². The Morgan fingerprint density at radius 3 is 2.76 bits per heavy atom. The van der Waals surface area contributed by atoms with E-state index in [4.69, 9.17) is 19.7 Å². The molecule has 2 heterocycles. The summed E-state index contributed by atoms with van der Waals surface area (Å²) in [6, 6.07) is 6.77. The van der Waals surface area contributed by atoms with Gasteiger partial charge in [0.25, 0.3) is 0 Å². The van der Waals surface area contributed by atoms with Gasteiger partial charge in [-0.2, -0.15) is 5.26 Å². The minimum absolute atomic E-state index is 0.436. The summed E-state index contributed by atoms with van der Waals surface area (Å²) in [5, 5.41) is 13.9. The molecule has 154 valence electrons. The van der Waals surface area contributed by atoms with Crippen molar-refractivity contribution in [3.8, 4) is 17.6 Å². The summed E-state index contributed by atoms with van der Waals surface area (Å²) in [5.41, 5.74) is 4.79. The number of benzene rings is 1. The SMILES string of the molecule is COc1cc2nc3c(c(N[C@@H]4CCCN(CCC#N)CC4)c2cc1OC)CCC3. The fourth-order valence-corrected chi connectivity index (χ4v) is 4.69. The summed E-state index contributed by atoms with van der Waals surface area (Å²) in [7, 11) is 3.35. The first kappa shape index (κ1) is 19.8. The monoisotopic (exact) mass is 394 g/mol. The first-order valence-electron chi connectivity index (χ1n) is 10.7.